The van der Waals surface area contributed by atoms with E-state index < -0.39 is 5.91 Å². The van der Waals surface area contributed by atoms with Crippen LogP contribution in [-0.4, -0.2) is 36.8 Å². The van der Waals surface area contributed by atoms with Gasteiger partial charge in [0.05, 0.1) is 20.8 Å². The van der Waals surface area contributed by atoms with E-state index in [1.54, 1.807) is 14.2 Å². The normalized spacial score (nSPS) is 13.3. The summed E-state index contributed by atoms with van der Waals surface area (Å²) in [6.45, 7) is -0.0348. The molecule has 6 heteroatoms. The number of ether oxygens (including phenoxy) is 2. The van der Waals surface area contributed by atoms with E-state index in [0.717, 1.165) is 57.1 Å². The van der Waals surface area contributed by atoms with Crippen LogP contribution in [-0.2, 0) is 19.3 Å². The lowest BCUT2D eigenvalue weighted by Crippen LogP contribution is -2.18. The summed E-state index contributed by atoms with van der Waals surface area (Å²) in [6, 6.07) is 15.8. The number of nitrogens with one attached hydrogen (secondary N) is 1. The van der Waals surface area contributed by atoms with E-state index >= 15 is 0 Å². The van der Waals surface area contributed by atoms with Crippen LogP contribution >= 0.6 is 0 Å². The number of aryl methyl sites for hydroxylation is 1. The number of amides is 1. The number of primary amides is 1. The maximum Gasteiger partial charge on any atom is 0.248 e. The summed E-state index contributed by atoms with van der Waals surface area (Å²) >= 11 is 0. The number of carbonyl (C=O) groups is 1. The molecule has 5 rings (SSSR count). The van der Waals surface area contributed by atoms with Gasteiger partial charge in [0.25, 0.3) is 0 Å². The Bertz CT molecular complexity index is 1390. The third-order valence-corrected chi connectivity index (χ3v) is 6.91. The quantitative estimate of drug-likeness (QED) is 0.385. The molecule has 0 radical (unpaired) electrons. The topological polar surface area (TPSA) is 97.6 Å². The fourth-order valence-electron chi connectivity index (χ4n) is 5.20. The molecule has 1 heterocycles. The average molecular weight is 457 g/mol. The molecule has 4 aromatic rings. The van der Waals surface area contributed by atoms with Gasteiger partial charge in [0, 0.05) is 28.6 Å². The Balaban J connectivity index is 1.65. The molecule has 0 bridgehead atoms. The number of aliphatic hydroxyl groups is 1. The van der Waals surface area contributed by atoms with Gasteiger partial charge in [-0.05, 0) is 83.0 Å². The van der Waals surface area contributed by atoms with Crippen LogP contribution in [0.15, 0.2) is 54.7 Å². The molecular formula is C28H28N2O4. The molecule has 3 aromatic carbocycles. The Morgan fingerprint density at radius 2 is 1.82 bits per heavy atom. The van der Waals surface area contributed by atoms with Gasteiger partial charge in [-0.2, -0.15) is 0 Å². The maximum atomic E-state index is 12.3. The summed E-state index contributed by atoms with van der Waals surface area (Å²) < 4.78 is 11.0. The predicted molar refractivity (Wildman–Crippen MR) is 133 cm³/mol. The van der Waals surface area contributed by atoms with Gasteiger partial charge in [0.15, 0.2) is 11.5 Å². The predicted octanol–water partition coefficient (Wildman–Crippen LogP) is 4.37. The van der Waals surface area contributed by atoms with Gasteiger partial charge in [0.2, 0.25) is 5.91 Å². The van der Waals surface area contributed by atoms with Crippen LogP contribution in [0, 0.1) is 0 Å². The summed E-state index contributed by atoms with van der Waals surface area (Å²) in [7, 11) is 3.24. The molecule has 0 fully saturated rings. The Hall–Kier alpha value is -3.77. The van der Waals surface area contributed by atoms with Crippen molar-refractivity contribution in [3.63, 3.8) is 0 Å². The molecule has 6 nitrogen and oxygen atoms in total. The van der Waals surface area contributed by atoms with E-state index in [0.29, 0.717) is 23.5 Å². The number of fused-ring (bicyclic) bond motifs is 4. The summed E-state index contributed by atoms with van der Waals surface area (Å²) in [5, 5.41) is 11.6. The number of H-pyrrole nitrogens is 1. The van der Waals surface area contributed by atoms with Gasteiger partial charge < -0.3 is 25.3 Å². The standard InChI is InChI=1S/C28H28N2O4/c1-33-26-12-16-7-8-21-22(10-17(28(29)32)11-24(21)23(16)13-27(26)34-2)19(15-31)9-18-14-30-25-6-4-3-5-20(18)25/h3-6,10-14,19,30-31H,7-9,15H2,1-2H3,(H2,29,32)/t19-/m0/s1. The number of hydrogen-bond acceptors (Lipinski definition) is 4. The zero-order valence-corrected chi connectivity index (χ0v) is 19.4. The van der Waals surface area contributed by atoms with Gasteiger partial charge in [-0.3, -0.25) is 4.79 Å². The van der Waals surface area contributed by atoms with Crippen molar-refractivity contribution in [2.45, 2.75) is 25.2 Å². The van der Waals surface area contributed by atoms with Crippen LogP contribution < -0.4 is 15.2 Å². The number of aromatic nitrogens is 1. The molecule has 0 spiro atoms. The van der Waals surface area contributed by atoms with E-state index in [4.69, 9.17) is 15.2 Å². The number of aliphatic hydroxyl groups excluding tert-OH is 1. The van der Waals surface area contributed by atoms with Gasteiger partial charge in [-0.15, -0.1) is 0 Å². The van der Waals surface area contributed by atoms with Crippen LogP contribution in [0.2, 0.25) is 0 Å². The molecule has 34 heavy (non-hydrogen) atoms. The Labute approximate surface area is 198 Å². The number of carbonyl (C=O) groups excluding carboxylic acids is 1. The minimum absolute atomic E-state index is 0.0348. The molecule has 4 N–H and O–H groups in total. The van der Waals surface area contributed by atoms with Gasteiger partial charge in [-0.25, -0.2) is 0 Å². The van der Waals surface area contributed by atoms with E-state index in [1.165, 1.54) is 0 Å². The molecule has 1 aliphatic carbocycles. The highest BCUT2D eigenvalue weighted by Crippen LogP contribution is 2.43. The largest absolute Gasteiger partial charge is 0.493 e. The molecule has 1 aromatic heterocycles. The minimum atomic E-state index is -0.486. The zero-order chi connectivity index (χ0) is 23.8. The second-order valence-corrected chi connectivity index (χ2v) is 8.76. The SMILES string of the molecule is COc1cc2c(cc1OC)-c1cc(C(N)=O)cc([C@H](CO)Cc3c[nH]c4ccccc34)c1CC2. The fraction of sp³-hybridized carbons (Fsp3) is 0.250. The second kappa shape index (κ2) is 8.88. The molecular weight excluding hydrogens is 428 g/mol. The Morgan fingerprint density at radius 3 is 2.56 bits per heavy atom. The van der Waals surface area contributed by atoms with Crippen molar-refractivity contribution >= 4 is 16.8 Å². The first-order chi connectivity index (χ1) is 16.5. The molecule has 1 amide bonds. The molecule has 0 saturated heterocycles. The van der Waals surface area contributed by atoms with E-state index in [-0.39, 0.29) is 12.5 Å². The third-order valence-electron chi connectivity index (χ3n) is 6.91. The van der Waals surface area contributed by atoms with Crippen molar-refractivity contribution in [2.24, 2.45) is 5.73 Å². The number of para-hydroxylation sites is 1. The molecule has 1 atom stereocenters. The van der Waals surface area contributed by atoms with Crippen LogP contribution in [0.25, 0.3) is 22.0 Å². The third kappa shape index (κ3) is 3.70. The first-order valence-electron chi connectivity index (χ1n) is 11.4. The van der Waals surface area contributed by atoms with E-state index in [9.17, 15) is 9.90 Å². The van der Waals surface area contributed by atoms with Gasteiger partial charge in [-0.1, -0.05) is 18.2 Å². The van der Waals surface area contributed by atoms with Crippen LogP contribution in [0.5, 0.6) is 11.5 Å². The van der Waals surface area contributed by atoms with Crippen molar-refractivity contribution in [2.75, 3.05) is 20.8 Å². The van der Waals surface area contributed by atoms with E-state index in [2.05, 4.69) is 11.1 Å². The lowest BCUT2D eigenvalue weighted by atomic mass is 9.78. The highest BCUT2D eigenvalue weighted by atomic mass is 16.5. The lowest BCUT2D eigenvalue weighted by Gasteiger charge is -2.27. The number of nitrogens with two attached hydrogens (primary N) is 1. The molecule has 0 saturated carbocycles. The number of benzene rings is 3. The molecule has 0 unspecified atom stereocenters. The summed E-state index contributed by atoms with van der Waals surface area (Å²) in [4.78, 5) is 15.6. The van der Waals surface area contributed by atoms with Crippen molar-refractivity contribution < 1.29 is 19.4 Å². The second-order valence-electron chi connectivity index (χ2n) is 8.76. The number of rotatable bonds is 7. The maximum absolute atomic E-state index is 12.3. The zero-order valence-electron chi connectivity index (χ0n) is 19.4. The Kier molecular flexibility index (Phi) is 5.75. The van der Waals surface area contributed by atoms with Gasteiger partial charge in [0.1, 0.15) is 0 Å². The number of aromatic amines is 1. The van der Waals surface area contributed by atoms with Gasteiger partial charge >= 0.3 is 0 Å². The molecule has 0 aliphatic heterocycles. The molecule has 1 aliphatic rings. The van der Waals surface area contributed by atoms with Crippen LogP contribution in [0.1, 0.15) is 38.5 Å². The highest BCUT2D eigenvalue weighted by Gasteiger charge is 2.27. The fourth-order valence-corrected chi connectivity index (χ4v) is 5.20. The lowest BCUT2D eigenvalue weighted by molar-refractivity contribution is 0.1000. The van der Waals surface area contributed by atoms with Crippen LogP contribution in [0.3, 0.4) is 0 Å². The van der Waals surface area contributed by atoms with Crippen molar-refractivity contribution in [1.82, 2.24) is 4.98 Å². The van der Waals surface area contributed by atoms with Crippen molar-refractivity contribution in [3.05, 3.63) is 82.5 Å². The molecule has 174 valence electrons. The average Bonchev–Trinajstić information content (AvgIpc) is 3.28. The monoisotopic (exact) mass is 456 g/mol. The smallest absolute Gasteiger partial charge is 0.248 e. The van der Waals surface area contributed by atoms with Crippen molar-refractivity contribution in [1.29, 1.82) is 0 Å². The first-order valence-corrected chi connectivity index (χ1v) is 11.4. The first kappa shape index (κ1) is 22.0. The number of methoxy groups -OCH3 is 2. The van der Waals surface area contributed by atoms with Crippen LogP contribution in [0.4, 0.5) is 0 Å². The van der Waals surface area contributed by atoms with Crippen molar-refractivity contribution in [3.8, 4) is 22.6 Å². The number of hydrogen-bond donors (Lipinski definition) is 3. The summed E-state index contributed by atoms with van der Waals surface area (Å²) in [6.07, 6.45) is 4.28. The highest BCUT2D eigenvalue weighted by molar-refractivity contribution is 5.95. The minimum Gasteiger partial charge on any atom is -0.493 e. The van der Waals surface area contributed by atoms with E-state index in [1.807, 2.05) is 48.7 Å². The Morgan fingerprint density at radius 1 is 1.06 bits per heavy atom. The summed E-state index contributed by atoms with van der Waals surface area (Å²) in [5.74, 6) is 0.663. The summed E-state index contributed by atoms with van der Waals surface area (Å²) in [5.41, 5.74) is 13.6.